The van der Waals surface area contributed by atoms with E-state index in [4.69, 9.17) is 16.3 Å². The summed E-state index contributed by atoms with van der Waals surface area (Å²) in [4.78, 5) is 12.1. The summed E-state index contributed by atoms with van der Waals surface area (Å²) in [5.41, 5.74) is 0.875. The molecule has 1 amide bonds. The largest absolute Gasteiger partial charge is 0.488 e. The van der Waals surface area contributed by atoms with Gasteiger partial charge < -0.3 is 9.64 Å². The summed E-state index contributed by atoms with van der Waals surface area (Å²) in [6, 6.07) is 5.14. The van der Waals surface area contributed by atoms with E-state index < -0.39 is 12.1 Å². The van der Waals surface area contributed by atoms with E-state index in [0.29, 0.717) is 17.2 Å². The van der Waals surface area contributed by atoms with Gasteiger partial charge in [-0.15, -0.1) is 0 Å². The third kappa shape index (κ3) is 2.32. The number of hydrogen-bond donors (Lipinski definition) is 0. The van der Waals surface area contributed by atoms with Crippen LogP contribution < -0.4 is 4.74 Å². The second kappa shape index (κ2) is 4.55. The highest BCUT2D eigenvalue weighted by molar-refractivity contribution is 6.30. The minimum atomic E-state index is -4.83. The van der Waals surface area contributed by atoms with E-state index in [1.54, 1.807) is 18.2 Å². The number of ether oxygens (including phenoxy) is 1. The summed E-state index contributed by atoms with van der Waals surface area (Å²) >= 11 is 5.89. The van der Waals surface area contributed by atoms with E-state index in [0.717, 1.165) is 10.5 Å². The number of halogens is 4. The number of carbonyl (C=O) groups is 1. The van der Waals surface area contributed by atoms with Crippen molar-refractivity contribution in [2.75, 3.05) is 13.1 Å². The van der Waals surface area contributed by atoms with Crippen LogP contribution in [0.2, 0.25) is 5.02 Å². The molecule has 2 aliphatic rings. The Balaban J connectivity index is 1.78. The quantitative estimate of drug-likeness (QED) is 0.737. The van der Waals surface area contributed by atoms with Gasteiger partial charge in [0.05, 0.1) is 6.54 Å². The molecule has 7 heteroatoms. The second-order valence-corrected chi connectivity index (χ2v) is 5.52. The predicted molar refractivity (Wildman–Crippen MR) is 65.7 cm³/mol. The molecule has 0 N–H and O–H groups in total. The Morgan fingerprint density at radius 3 is 2.80 bits per heavy atom. The summed E-state index contributed by atoms with van der Waals surface area (Å²) in [7, 11) is 0. The van der Waals surface area contributed by atoms with E-state index in [1.165, 1.54) is 0 Å². The molecule has 2 heterocycles. The summed E-state index contributed by atoms with van der Waals surface area (Å²) < 4.78 is 43.0. The molecule has 3 nitrogen and oxygen atoms in total. The van der Waals surface area contributed by atoms with Gasteiger partial charge >= 0.3 is 12.1 Å². The normalized spacial score (nSPS) is 24.9. The number of likely N-dealkylation sites (tertiary alicyclic amines) is 1. The van der Waals surface area contributed by atoms with E-state index in [9.17, 15) is 18.0 Å². The number of alkyl halides is 3. The van der Waals surface area contributed by atoms with Crippen LogP contribution >= 0.6 is 11.6 Å². The number of hydrogen-bond acceptors (Lipinski definition) is 2. The van der Waals surface area contributed by atoms with Gasteiger partial charge in [0.2, 0.25) is 0 Å². The molecule has 3 rings (SSSR count). The Hall–Kier alpha value is -1.43. The van der Waals surface area contributed by atoms with Crippen LogP contribution in [0.4, 0.5) is 13.2 Å². The standard InChI is InChI=1S/C13H11ClF3NO2/c14-9-1-2-10-7(4-9)3-8-5-18(6-11(8)20-10)12(19)13(15,16)17/h1-2,4,8,11H,3,5-6H2/t8-,11-/m1/s1. The first-order valence-electron chi connectivity index (χ1n) is 6.16. The van der Waals surface area contributed by atoms with Gasteiger partial charge in [0.25, 0.3) is 0 Å². The van der Waals surface area contributed by atoms with Crippen molar-refractivity contribution in [3.63, 3.8) is 0 Å². The van der Waals surface area contributed by atoms with E-state index >= 15 is 0 Å². The maximum Gasteiger partial charge on any atom is 0.471 e. The lowest BCUT2D eigenvalue weighted by molar-refractivity contribution is -0.184. The molecule has 0 aliphatic carbocycles. The molecule has 0 saturated carbocycles. The molecule has 2 atom stereocenters. The Morgan fingerprint density at radius 1 is 1.35 bits per heavy atom. The van der Waals surface area contributed by atoms with Gasteiger partial charge in [-0.1, -0.05) is 11.6 Å². The molecule has 0 bridgehead atoms. The van der Waals surface area contributed by atoms with Crippen LogP contribution in [-0.2, 0) is 11.2 Å². The van der Waals surface area contributed by atoms with Crippen molar-refractivity contribution in [1.82, 2.24) is 4.90 Å². The second-order valence-electron chi connectivity index (χ2n) is 5.08. The average Bonchev–Trinajstić information content (AvgIpc) is 2.76. The summed E-state index contributed by atoms with van der Waals surface area (Å²) in [6.07, 6.45) is -4.64. The average molecular weight is 306 g/mol. The van der Waals surface area contributed by atoms with Crippen molar-refractivity contribution in [2.24, 2.45) is 5.92 Å². The Morgan fingerprint density at radius 2 is 2.10 bits per heavy atom. The molecule has 0 radical (unpaired) electrons. The third-order valence-corrected chi connectivity index (χ3v) is 3.93. The molecule has 0 spiro atoms. The molecule has 1 aromatic carbocycles. The van der Waals surface area contributed by atoms with Crippen LogP contribution in [0, 0.1) is 5.92 Å². The van der Waals surface area contributed by atoms with Crippen LogP contribution in [0.15, 0.2) is 18.2 Å². The van der Waals surface area contributed by atoms with Gasteiger partial charge in [0.15, 0.2) is 0 Å². The van der Waals surface area contributed by atoms with Crippen molar-refractivity contribution < 1.29 is 22.7 Å². The van der Waals surface area contributed by atoms with Gasteiger partial charge in [-0.3, -0.25) is 4.79 Å². The van der Waals surface area contributed by atoms with Gasteiger partial charge in [-0.05, 0) is 30.2 Å². The molecule has 0 unspecified atom stereocenters. The van der Waals surface area contributed by atoms with Crippen molar-refractivity contribution in [3.05, 3.63) is 28.8 Å². The predicted octanol–water partition coefficient (Wildman–Crippen LogP) is 2.66. The monoisotopic (exact) mass is 305 g/mol. The first-order chi connectivity index (χ1) is 9.34. The minimum Gasteiger partial charge on any atom is -0.488 e. The smallest absolute Gasteiger partial charge is 0.471 e. The number of carbonyl (C=O) groups excluding carboxylic acids is 1. The molecule has 0 aromatic heterocycles. The van der Waals surface area contributed by atoms with Gasteiger partial charge in [0.1, 0.15) is 11.9 Å². The van der Waals surface area contributed by atoms with Crippen molar-refractivity contribution in [1.29, 1.82) is 0 Å². The van der Waals surface area contributed by atoms with Crippen LogP contribution in [0.1, 0.15) is 5.56 Å². The molecule has 1 fully saturated rings. The molecule has 1 saturated heterocycles. The summed E-state index contributed by atoms with van der Waals surface area (Å²) in [5.74, 6) is -1.28. The highest BCUT2D eigenvalue weighted by Gasteiger charge is 2.48. The van der Waals surface area contributed by atoms with Crippen molar-refractivity contribution >= 4 is 17.5 Å². The molecule has 2 aliphatic heterocycles. The molecule has 20 heavy (non-hydrogen) atoms. The Labute approximate surface area is 118 Å². The van der Waals surface area contributed by atoms with E-state index in [2.05, 4.69) is 0 Å². The van der Waals surface area contributed by atoms with Crippen LogP contribution in [0.3, 0.4) is 0 Å². The lowest BCUT2D eigenvalue weighted by Crippen LogP contribution is -2.40. The summed E-state index contributed by atoms with van der Waals surface area (Å²) in [5, 5.41) is 0.562. The molecular weight excluding hydrogens is 295 g/mol. The topological polar surface area (TPSA) is 29.5 Å². The Bertz CT molecular complexity index is 561. The van der Waals surface area contributed by atoms with Crippen LogP contribution in [0.25, 0.3) is 0 Å². The van der Waals surface area contributed by atoms with Crippen LogP contribution in [-0.4, -0.2) is 36.2 Å². The summed E-state index contributed by atoms with van der Waals surface area (Å²) in [6.45, 7) is 0.0417. The number of fused-ring (bicyclic) bond motifs is 2. The minimum absolute atomic E-state index is 0.0227. The lowest BCUT2D eigenvalue weighted by atomic mass is 9.93. The van der Waals surface area contributed by atoms with Gasteiger partial charge in [0, 0.05) is 17.5 Å². The maximum absolute atomic E-state index is 12.4. The number of amides is 1. The highest BCUT2D eigenvalue weighted by atomic mass is 35.5. The van der Waals surface area contributed by atoms with Gasteiger partial charge in [-0.2, -0.15) is 13.2 Å². The Kier molecular flexibility index (Phi) is 3.08. The highest BCUT2D eigenvalue weighted by Crippen LogP contribution is 2.37. The first-order valence-corrected chi connectivity index (χ1v) is 6.53. The van der Waals surface area contributed by atoms with E-state index in [1.807, 2.05) is 0 Å². The SMILES string of the molecule is O=C(N1C[C@H]2Cc3cc(Cl)ccc3O[C@@H]2C1)C(F)(F)F. The van der Waals surface area contributed by atoms with Crippen molar-refractivity contribution in [2.45, 2.75) is 18.7 Å². The zero-order chi connectivity index (χ0) is 14.5. The van der Waals surface area contributed by atoms with Gasteiger partial charge in [-0.25, -0.2) is 0 Å². The zero-order valence-electron chi connectivity index (χ0n) is 10.3. The number of rotatable bonds is 0. The molecule has 1 aromatic rings. The number of nitrogens with zero attached hydrogens (tertiary/aromatic N) is 1. The van der Waals surface area contributed by atoms with Crippen LogP contribution in [0.5, 0.6) is 5.75 Å². The first kappa shape index (κ1) is 13.5. The zero-order valence-corrected chi connectivity index (χ0v) is 11.0. The fourth-order valence-electron chi connectivity index (χ4n) is 2.78. The fourth-order valence-corrected chi connectivity index (χ4v) is 2.98. The van der Waals surface area contributed by atoms with Crippen molar-refractivity contribution in [3.8, 4) is 5.75 Å². The maximum atomic E-state index is 12.4. The molecule has 108 valence electrons. The fraction of sp³-hybridized carbons (Fsp3) is 0.462. The number of benzene rings is 1. The lowest BCUT2D eigenvalue weighted by Gasteiger charge is -2.27. The van der Waals surface area contributed by atoms with E-state index in [-0.39, 0.29) is 25.1 Å². The molecular formula is C13H11ClF3NO2. The third-order valence-electron chi connectivity index (χ3n) is 3.69.